The molecule has 1 aliphatic carbocycles. The van der Waals surface area contributed by atoms with E-state index in [2.05, 4.69) is 0 Å². The molecule has 0 atom stereocenters. The van der Waals surface area contributed by atoms with Gasteiger partial charge in [0, 0.05) is 11.1 Å². The van der Waals surface area contributed by atoms with E-state index >= 15 is 0 Å². The molecule has 0 saturated heterocycles. The number of benzene rings is 2. The van der Waals surface area contributed by atoms with Crippen molar-refractivity contribution >= 4 is 17.3 Å². The van der Waals surface area contributed by atoms with Crippen molar-refractivity contribution in [2.45, 2.75) is 6.42 Å². The number of carbonyl (C=O) groups excluding carboxylic acids is 2. The quantitative estimate of drug-likeness (QED) is 0.880. The molecule has 0 fully saturated rings. The van der Waals surface area contributed by atoms with E-state index in [-0.39, 0.29) is 16.9 Å². The first-order valence-electron chi connectivity index (χ1n) is 7.00. The first-order chi connectivity index (χ1) is 10.7. The zero-order valence-corrected chi connectivity index (χ0v) is 11.8. The second-order valence-corrected chi connectivity index (χ2v) is 5.06. The molecule has 2 aromatic carbocycles. The average molecular weight is 290 g/mol. The number of Topliss-reactive ketones (excluding diaryl/α,β-unsaturated/α-hetero) is 2. The number of hydrogen-bond acceptors (Lipinski definition) is 3. The van der Waals surface area contributed by atoms with Gasteiger partial charge in [-0.3, -0.25) is 9.59 Å². The van der Waals surface area contributed by atoms with Gasteiger partial charge in [0.05, 0.1) is 5.57 Å². The van der Waals surface area contributed by atoms with Crippen LogP contribution in [0.2, 0.25) is 0 Å². The molecule has 22 heavy (non-hydrogen) atoms. The average Bonchev–Trinajstić information content (AvgIpc) is 2.57. The molecular weight excluding hydrogens is 276 g/mol. The molecule has 3 rings (SSSR count). The van der Waals surface area contributed by atoms with Gasteiger partial charge in [-0.2, -0.15) is 0 Å². The van der Waals surface area contributed by atoms with E-state index in [1.807, 2.05) is 30.3 Å². The van der Waals surface area contributed by atoms with Crippen LogP contribution in [0.1, 0.15) is 21.5 Å². The van der Waals surface area contributed by atoms with Crippen molar-refractivity contribution in [3.63, 3.8) is 0 Å². The Labute approximate surface area is 128 Å². The summed E-state index contributed by atoms with van der Waals surface area (Å²) in [7, 11) is 0. The molecule has 0 aliphatic heterocycles. The number of hydrogen-bond donors (Lipinski definition) is 1. The second-order valence-electron chi connectivity index (χ2n) is 5.06. The van der Waals surface area contributed by atoms with Gasteiger partial charge in [0.1, 0.15) is 5.76 Å². The number of aliphatic hydroxyl groups is 1. The van der Waals surface area contributed by atoms with E-state index < -0.39 is 11.6 Å². The Kier molecular flexibility index (Phi) is 3.71. The zero-order chi connectivity index (χ0) is 15.5. The Bertz CT molecular complexity index is 798. The maximum absolute atomic E-state index is 12.1. The number of allylic oxidation sites excluding steroid dienone is 3. The predicted molar refractivity (Wildman–Crippen MR) is 84.6 cm³/mol. The van der Waals surface area contributed by atoms with Gasteiger partial charge in [0.25, 0.3) is 0 Å². The number of carbonyl (C=O) groups is 2. The molecule has 3 nitrogen and oxygen atoms in total. The summed E-state index contributed by atoms with van der Waals surface area (Å²) in [6.45, 7) is 0. The summed E-state index contributed by atoms with van der Waals surface area (Å²) in [5.74, 6) is -1.38. The van der Waals surface area contributed by atoms with Crippen LogP contribution in [0.4, 0.5) is 0 Å². The van der Waals surface area contributed by atoms with Crippen molar-refractivity contribution in [3.8, 4) is 0 Å². The summed E-state index contributed by atoms with van der Waals surface area (Å²) in [6, 6.07) is 16.3. The van der Waals surface area contributed by atoms with E-state index in [9.17, 15) is 14.7 Å². The van der Waals surface area contributed by atoms with Crippen molar-refractivity contribution < 1.29 is 14.7 Å². The summed E-state index contributed by atoms with van der Waals surface area (Å²) in [5.41, 5.74) is 1.81. The largest absolute Gasteiger partial charge is 0.507 e. The van der Waals surface area contributed by atoms with Crippen molar-refractivity contribution in [2.75, 3.05) is 0 Å². The molecule has 1 N–H and O–H groups in total. The van der Waals surface area contributed by atoms with Gasteiger partial charge in [-0.05, 0) is 12.0 Å². The summed E-state index contributed by atoms with van der Waals surface area (Å²) in [4.78, 5) is 24.2. The van der Waals surface area contributed by atoms with Crippen LogP contribution in [0.3, 0.4) is 0 Å². The van der Waals surface area contributed by atoms with Crippen molar-refractivity contribution in [2.24, 2.45) is 0 Å². The van der Waals surface area contributed by atoms with Crippen molar-refractivity contribution in [1.82, 2.24) is 0 Å². The molecule has 2 aromatic rings. The highest BCUT2D eigenvalue weighted by Gasteiger charge is 2.30. The number of ketones is 2. The first kappa shape index (κ1) is 14.0. The monoisotopic (exact) mass is 290 g/mol. The SMILES string of the molecule is O=C1C(=O)c2ccccc2C(O)=C1C=CCc1ccccc1. The third-order valence-electron chi connectivity index (χ3n) is 3.61. The fourth-order valence-electron chi connectivity index (χ4n) is 2.47. The topological polar surface area (TPSA) is 54.4 Å². The van der Waals surface area contributed by atoms with E-state index in [4.69, 9.17) is 0 Å². The molecule has 0 radical (unpaired) electrons. The smallest absolute Gasteiger partial charge is 0.237 e. The number of aliphatic hydroxyl groups excluding tert-OH is 1. The normalized spacial score (nSPS) is 14.5. The highest BCUT2D eigenvalue weighted by atomic mass is 16.3. The lowest BCUT2D eigenvalue weighted by molar-refractivity contribution is -0.111. The Morgan fingerprint density at radius 3 is 2.18 bits per heavy atom. The molecule has 108 valence electrons. The predicted octanol–water partition coefficient (Wildman–Crippen LogP) is 3.52. The van der Waals surface area contributed by atoms with Crippen LogP contribution >= 0.6 is 0 Å². The molecule has 0 heterocycles. The molecule has 0 aromatic heterocycles. The molecule has 3 heteroatoms. The first-order valence-corrected chi connectivity index (χ1v) is 7.00. The van der Waals surface area contributed by atoms with E-state index in [0.29, 0.717) is 12.0 Å². The van der Waals surface area contributed by atoms with Gasteiger partial charge in [0.2, 0.25) is 11.6 Å². The van der Waals surface area contributed by atoms with Gasteiger partial charge in [-0.15, -0.1) is 0 Å². The minimum Gasteiger partial charge on any atom is -0.507 e. The lowest BCUT2D eigenvalue weighted by Gasteiger charge is -2.15. The van der Waals surface area contributed by atoms with Gasteiger partial charge in [-0.25, -0.2) is 0 Å². The lowest BCUT2D eigenvalue weighted by Crippen LogP contribution is -2.23. The third kappa shape index (κ3) is 2.49. The van der Waals surface area contributed by atoms with Crippen molar-refractivity contribution in [1.29, 1.82) is 0 Å². The molecule has 0 unspecified atom stereocenters. The van der Waals surface area contributed by atoms with Crippen LogP contribution in [0.5, 0.6) is 0 Å². The fourth-order valence-corrected chi connectivity index (χ4v) is 2.47. The Balaban J connectivity index is 1.92. The standard InChI is InChI=1S/C19H14O3/c20-17-14-10-4-5-11-15(14)18(21)19(22)16(17)12-6-9-13-7-2-1-3-8-13/h1-8,10-12,20H,9H2. The van der Waals surface area contributed by atoms with E-state index in [0.717, 1.165) is 5.56 Å². The molecule has 0 saturated carbocycles. The van der Waals surface area contributed by atoms with Crippen LogP contribution < -0.4 is 0 Å². The minimum atomic E-state index is -0.666. The van der Waals surface area contributed by atoms with Crippen LogP contribution in [0.15, 0.2) is 72.3 Å². The third-order valence-corrected chi connectivity index (χ3v) is 3.61. The fraction of sp³-hybridized carbons (Fsp3) is 0.0526. The maximum atomic E-state index is 12.1. The Morgan fingerprint density at radius 1 is 0.818 bits per heavy atom. The molecule has 0 bridgehead atoms. The molecular formula is C19H14O3. The second kappa shape index (κ2) is 5.82. The Morgan fingerprint density at radius 2 is 1.45 bits per heavy atom. The van der Waals surface area contributed by atoms with Gasteiger partial charge < -0.3 is 5.11 Å². The summed E-state index contributed by atoms with van der Waals surface area (Å²) < 4.78 is 0. The van der Waals surface area contributed by atoms with Crippen LogP contribution in [0, 0.1) is 0 Å². The highest BCUT2D eigenvalue weighted by molar-refractivity contribution is 6.52. The number of fused-ring (bicyclic) bond motifs is 1. The van der Waals surface area contributed by atoms with Gasteiger partial charge >= 0.3 is 0 Å². The van der Waals surface area contributed by atoms with Gasteiger partial charge in [0.15, 0.2) is 0 Å². The molecule has 1 aliphatic rings. The Hall–Kier alpha value is -2.94. The van der Waals surface area contributed by atoms with Crippen molar-refractivity contribution in [3.05, 3.63) is 89.0 Å². The zero-order valence-electron chi connectivity index (χ0n) is 11.8. The summed E-state index contributed by atoms with van der Waals surface area (Å²) in [5, 5.41) is 10.3. The maximum Gasteiger partial charge on any atom is 0.237 e. The number of rotatable bonds is 3. The van der Waals surface area contributed by atoms with E-state index in [1.54, 1.807) is 30.3 Å². The van der Waals surface area contributed by atoms with Crippen LogP contribution in [-0.4, -0.2) is 16.7 Å². The summed E-state index contributed by atoms with van der Waals surface area (Å²) in [6.07, 6.45) is 3.93. The van der Waals surface area contributed by atoms with Crippen LogP contribution in [0.25, 0.3) is 5.76 Å². The summed E-state index contributed by atoms with van der Waals surface area (Å²) >= 11 is 0. The molecule has 0 spiro atoms. The van der Waals surface area contributed by atoms with Crippen LogP contribution in [-0.2, 0) is 11.2 Å². The van der Waals surface area contributed by atoms with Gasteiger partial charge in [-0.1, -0.05) is 66.7 Å². The lowest BCUT2D eigenvalue weighted by atomic mass is 9.88. The highest BCUT2D eigenvalue weighted by Crippen LogP contribution is 2.28. The van der Waals surface area contributed by atoms with E-state index in [1.165, 1.54) is 6.08 Å². The molecule has 0 amide bonds. The minimum absolute atomic E-state index is 0.0552.